The third-order valence-electron chi connectivity index (χ3n) is 4.41. The lowest BCUT2D eigenvalue weighted by Gasteiger charge is -2.26. The number of fused-ring (bicyclic) bond motifs is 1. The fourth-order valence-corrected chi connectivity index (χ4v) is 4.44. The summed E-state index contributed by atoms with van der Waals surface area (Å²) in [6.45, 7) is 5.38. The summed E-state index contributed by atoms with van der Waals surface area (Å²) in [4.78, 5) is 4.45. The quantitative estimate of drug-likeness (QED) is 0.724. The van der Waals surface area contributed by atoms with Crippen LogP contribution in [0.2, 0.25) is 0 Å². The molecule has 0 aliphatic carbocycles. The molecule has 1 aromatic heterocycles. The molecule has 0 atom stereocenters. The molecule has 6 heteroatoms. The second-order valence-electron chi connectivity index (χ2n) is 6.04. The van der Waals surface area contributed by atoms with E-state index in [4.69, 9.17) is 0 Å². The summed E-state index contributed by atoms with van der Waals surface area (Å²) in [5.41, 5.74) is 3.35. The van der Waals surface area contributed by atoms with Gasteiger partial charge in [-0.3, -0.25) is 0 Å². The van der Waals surface area contributed by atoms with E-state index in [0.717, 1.165) is 25.1 Å². The highest BCUT2D eigenvalue weighted by Crippen LogP contribution is 2.21. The van der Waals surface area contributed by atoms with Gasteiger partial charge in [-0.2, -0.15) is 4.31 Å². The molecule has 0 spiro atoms. The second-order valence-corrected chi connectivity index (χ2v) is 8.13. The first kappa shape index (κ1) is 16.9. The summed E-state index contributed by atoms with van der Waals surface area (Å²) in [7, 11) is -3.22. The molecule has 2 heterocycles. The maximum atomic E-state index is 12.3. The number of benzene rings is 1. The van der Waals surface area contributed by atoms with Crippen molar-refractivity contribution in [1.82, 2.24) is 13.9 Å². The highest BCUT2D eigenvalue weighted by atomic mass is 32.2. The van der Waals surface area contributed by atoms with Gasteiger partial charge in [-0.05, 0) is 18.4 Å². The number of imidazole rings is 1. The van der Waals surface area contributed by atoms with Crippen molar-refractivity contribution in [2.24, 2.45) is 0 Å². The lowest BCUT2D eigenvalue weighted by molar-refractivity contribution is 0.381. The van der Waals surface area contributed by atoms with Gasteiger partial charge in [-0.15, -0.1) is 6.58 Å². The third kappa shape index (κ3) is 3.76. The molecule has 1 aromatic carbocycles. The highest BCUT2D eigenvalue weighted by molar-refractivity contribution is 7.89. The molecule has 24 heavy (non-hydrogen) atoms. The zero-order valence-corrected chi connectivity index (χ0v) is 14.6. The van der Waals surface area contributed by atoms with Gasteiger partial charge in [0.25, 0.3) is 0 Å². The number of nitrogens with zero attached hydrogens (tertiary/aromatic N) is 3. The molecule has 0 saturated heterocycles. The standard InChI is InChI=1S/C18H23N3O2S/c1-2-3-13-24(22,23)21-12-10-18-17(14-21)19-15-20(18)11-9-16-7-5-4-6-8-16/h2,4-8,15H,1,3,9-14H2. The molecule has 0 radical (unpaired) electrons. The number of aryl methyl sites for hydroxylation is 2. The van der Waals surface area contributed by atoms with Crippen LogP contribution in [0.15, 0.2) is 49.3 Å². The van der Waals surface area contributed by atoms with E-state index in [2.05, 4.69) is 28.3 Å². The average molecular weight is 345 g/mol. The Bertz CT molecular complexity index is 797. The Morgan fingerprint density at radius 2 is 2.04 bits per heavy atom. The molecule has 0 saturated carbocycles. The van der Waals surface area contributed by atoms with Crippen LogP contribution in [0.25, 0.3) is 0 Å². The SMILES string of the molecule is C=CCCS(=O)(=O)N1CCc2c(ncn2CCc2ccccc2)C1. The number of aromatic nitrogens is 2. The van der Waals surface area contributed by atoms with E-state index >= 15 is 0 Å². The predicted molar refractivity (Wildman–Crippen MR) is 95.1 cm³/mol. The molecule has 0 amide bonds. The number of hydrogen-bond acceptors (Lipinski definition) is 3. The van der Waals surface area contributed by atoms with Crippen LogP contribution in [0, 0.1) is 0 Å². The molecular weight excluding hydrogens is 322 g/mol. The monoisotopic (exact) mass is 345 g/mol. The molecule has 5 nitrogen and oxygen atoms in total. The van der Waals surface area contributed by atoms with Crippen LogP contribution in [0.1, 0.15) is 23.4 Å². The molecule has 0 N–H and O–H groups in total. The van der Waals surface area contributed by atoms with Crippen LogP contribution in [-0.2, 0) is 36.0 Å². The molecule has 2 aromatic rings. The minimum atomic E-state index is -3.22. The molecule has 128 valence electrons. The fraction of sp³-hybridized carbons (Fsp3) is 0.389. The zero-order chi connectivity index (χ0) is 17.0. The first-order valence-electron chi connectivity index (χ1n) is 8.25. The van der Waals surface area contributed by atoms with Gasteiger partial charge in [0, 0.05) is 25.2 Å². The van der Waals surface area contributed by atoms with Gasteiger partial charge < -0.3 is 4.57 Å². The Balaban J connectivity index is 1.67. The Labute approximate surface area is 143 Å². The van der Waals surface area contributed by atoms with Crippen LogP contribution in [0.5, 0.6) is 0 Å². The molecule has 0 bridgehead atoms. The van der Waals surface area contributed by atoms with Gasteiger partial charge >= 0.3 is 0 Å². The predicted octanol–water partition coefficient (Wildman–Crippen LogP) is 2.39. The fourth-order valence-electron chi connectivity index (χ4n) is 3.03. The highest BCUT2D eigenvalue weighted by Gasteiger charge is 2.28. The van der Waals surface area contributed by atoms with Crippen LogP contribution < -0.4 is 0 Å². The summed E-state index contributed by atoms with van der Waals surface area (Å²) < 4.78 is 28.3. The largest absolute Gasteiger partial charge is 0.334 e. The van der Waals surface area contributed by atoms with Gasteiger partial charge in [0.2, 0.25) is 10.0 Å². The molecule has 1 aliphatic rings. The summed E-state index contributed by atoms with van der Waals surface area (Å²) in [6, 6.07) is 10.4. The van der Waals surface area contributed by atoms with E-state index < -0.39 is 10.0 Å². The molecule has 0 fully saturated rings. The van der Waals surface area contributed by atoms with Gasteiger partial charge in [0.15, 0.2) is 0 Å². The lowest BCUT2D eigenvalue weighted by Crippen LogP contribution is -2.37. The minimum absolute atomic E-state index is 0.126. The van der Waals surface area contributed by atoms with Crippen molar-refractivity contribution < 1.29 is 8.42 Å². The first-order valence-corrected chi connectivity index (χ1v) is 9.86. The van der Waals surface area contributed by atoms with E-state index in [-0.39, 0.29) is 5.75 Å². The Hall–Kier alpha value is -1.92. The molecule has 1 aliphatic heterocycles. The van der Waals surface area contributed by atoms with Crippen molar-refractivity contribution in [2.45, 2.75) is 32.4 Å². The molecule has 3 rings (SSSR count). The van der Waals surface area contributed by atoms with Crippen LogP contribution >= 0.6 is 0 Å². The maximum absolute atomic E-state index is 12.3. The summed E-state index contributed by atoms with van der Waals surface area (Å²) in [5, 5.41) is 0. The van der Waals surface area contributed by atoms with Crippen molar-refractivity contribution in [3.8, 4) is 0 Å². The number of hydrogen-bond donors (Lipinski definition) is 0. The molecular formula is C18H23N3O2S. The topological polar surface area (TPSA) is 55.2 Å². The third-order valence-corrected chi connectivity index (χ3v) is 6.26. The van der Waals surface area contributed by atoms with Crippen molar-refractivity contribution in [2.75, 3.05) is 12.3 Å². The minimum Gasteiger partial charge on any atom is -0.334 e. The smallest absolute Gasteiger partial charge is 0.214 e. The number of sulfonamides is 1. The van der Waals surface area contributed by atoms with Crippen molar-refractivity contribution >= 4 is 10.0 Å². The van der Waals surface area contributed by atoms with E-state index in [0.29, 0.717) is 19.5 Å². The average Bonchev–Trinajstić information content (AvgIpc) is 3.01. The number of allylic oxidation sites excluding steroid dienone is 1. The van der Waals surface area contributed by atoms with Crippen LogP contribution in [0.4, 0.5) is 0 Å². The van der Waals surface area contributed by atoms with Crippen molar-refractivity contribution in [3.05, 3.63) is 66.3 Å². The van der Waals surface area contributed by atoms with Gasteiger partial charge in [-0.1, -0.05) is 36.4 Å². The summed E-state index contributed by atoms with van der Waals surface area (Å²) in [6.07, 6.45) is 5.64. The van der Waals surface area contributed by atoms with Crippen molar-refractivity contribution in [3.63, 3.8) is 0 Å². The summed E-state index contributed by atoms with van der Waals surface area (Å²) in [5.74, 6) is 0.126. The lowest BCUT2D eigenvalue weighted by atomic mass is 10.1. The molecule has 0 unspecified atom stereocenters. The van der Waals surface area contributed by atoms with Crippen molar-refractivity contribution in [1.29, 1.82) is 0 Å². The van der Waals surface area contributed by atoms with E-state index in [1.165, 1.54) is 11.3 Å². The number of rotatable bonds is 7. The Morgan fingerprint density at radius 1 is 1.25 bits per heavy atom. The normalized spacial score (nSPS) is 15.2. The van der Waals surface area contributed by atoms with Gasteiger partial charge in [-0.25, -0.2) is 13.4 Å². The zero-order valence-electron chi connectivity index (χ0n) is 13.8. The Morgan fingerprint density at radius 3 is 2.79 bits per heavy atom. The second kappa shape index (κ2) is 7.32. The Kier molecular flexibility index (Phi) is 5.16. The van der Waals surface area contributed by atoms with E-state index in [9.17, 15) is 8.42 Å². The van der Waals surface area contributed by atoms with Crippen LogP contribution in [0.3, 0.4) is 0 Å². The van der Waals surface area contributed by atoms with Gasteiger partial charge in [0.1, 0.15) is 0 Å². The van der Waals surface area contributed by atoms with E-state index in [1.807, 2.05) is 24.5 Å². The van der Waals surface area contributed by atoms with Crippen LogP contribution in [-0.4, -0.2) is 34.6 Å². The maximum Gasteiger partial charge on any atom is 0.214 e. The van der Waals surface area contributed by atoms with Gasteiger partial charge in [0.05, 0.1) is 24.3 Å². The summed E-state index contributed by atoms with van der Waals surface area (Å²) >= 11 is 0. The first-order chi connectivity index (χ1) is 11.6. The van der Waals surface area contributed by atoms with E-state index in [1.54, 1.807) is 10.4 Å².